The minimum Gasteiger partial charge on any atom is -0.478 e. The van der Waals surface area contributed by atoms with Crippen molar-refractivity contribution in [2.24, 2.45) is 0 Å². The van der Waals surface area contributed by atoms with Gasteiger partial charge in [-0.3, -0.25) is 4.79 Å². The van der Waals surface area contributed by atoms with E-state index in [9.17, 15) is 9.59 Å². The third-order valence-electron chi connectivity index (χ3n) is 2.00. The Morgan fingerprint density at radius 3 is 2.76 bits per heavy atom. The third-order valence-corrected chi connectivity index (χ3v) is 2.67. The Bertz CT molecular complexity index is 491. The number of anilines is 1. The van der Waals surface area contributed by atoms with E-state index in [1.807, 2.05) is 0 Å². The third kappa shape index (κ3) is 3.61. The van der Waals surface area contributed by atoms with Gasteiger partial charge in [0.05, 0.1) is 11.3 Å². The second-order valence-corrected chi connectivity index (χ2v) is 4.07. The van der Waals surface area contributed by atoms with Gasteiger partial charge in [-0.25, -0.2) is 4.79 Å². The highest BCUT2D eigenvalue weighted by Crippen LogP contribution is 2.26. The monoisotopic (exact) mass is 295 g/mol. The summed E-state index contributed by atoms with van der Waals surface area (Å²) in [5, 5.41) is 11.5. The largest absolute Gasteiger partial charge is 0.478 e. The number of halogens is 1. The Morgan fingerprint density at radius 1 is 1.47 bits per heavy atom. The molecule has 5 heteroatoms. The summed E-state index contributed by atoms with van der Waals surface area (Å²) in [6.07, 6.45) is 5.53. The van der Waals surface area contributed by atoms with Crippen molar-refractivity contribution in [3.05, 3.63) is 28.2 Å². The van der Waals surface area contributed by atoms with Crippen molar-refractivity contribution in [3.63, 3.8) is 0 Å². The second kappa shape index (κ2) is 6.06. The topological polar surface area (TPSA) is 66.4 Å². The van der Waals surface area contributed by atoms with E-state index in [2.05, 4.69) is 27.2 Å². The number of amides is 1. The van der Waals surface area contributed by atoms with Gasteiger partial charge in [0.15, 0.2) is 0 Å². The van der Waals surface area contributed by atoms with Crippen LogP contribution in [-0.4, -0.2) is 17.0 Å². The van der Waals surface area contributed by atoms with Crippen molar-refractivity contribution in [1.82, 2.24) is 0 Å². The standard InChI is InChI=1S/C12H10BrNO3/c1-2-3-7-10(15)14-11-8(12(16)17)5-4-6-9(11)13/h1,4-6H,3,7H2,(H,14,15)(H,16,17). The number of para-hydroxylation sites is 1. The van der Waals surface area contributed by atoms with Crippen LogP contribution in [-0.2, 0) is 4.79 Å². The van der Waals surface area contributed by atoms with Crippen LogP contribution in [0.5, 0.6) is 0 Å². The van der Waals surface area contributed by atoms with Gasteiger partial charge < -0.3 is 10.4 Å². The molecule has 0 heterocycles. The molecule has 0 saturated carbocycles. The fraction of sp³-hybridized carbons (Fsp3) is 0.167. The Balaban J connectivity index is 2.94. The molecule has 0 radical (unpaired) electrons. The Hall–Kier alpha value is -1.80. The highest BCUT2D eigenvalue weighted by molar-refractivity contribution is 9.10. The van der Waals surface area contributed by atoms with Crippen LogP contribution >= 0.6 is 15.9 Å². The van der Waals surface area contributed by atoms with Gasteiger partial charge >= 0.3 is 5.97 Å². The number of carbonyl (C=O) groups excluding carboxylic acids is 1. The summed E-state index contributed by atoms with van der Waals surface area (Å²) in [4.78, 5) is 22.4. The van der Waals surface area contributed by atoms with Gasteiger partial charge in [0.1, 0.15) is 0 Å². The van der Waals surface area contributed by atoms with Crippen LogP contribution in [0.25, 0.3) is 0 Å². The van der Waals surface area contributed by atoms with E-state index in [0.29, 0.717) is 10.9 Å². The normalized spacial score (nSPS) is 9.41. The number of carboxylic acid groups (broad SMARTS) is 1. The SMILES string of the molecule is C#CCCC(=O)Nc1c(Br)cccc1C(=O)O. The maximum Gasteiger partial charge on any atom is 0.337 e. The number of carbonyl (C=O) groups is 2. The van der Waals surface area contributed by atoms with Gasteiger partial charge in [0.2, 0.25) is 5.91 Å². The highest BCUT2D eigenvalue weighted by Gasteiger charge is 2.14. The molecule has 0 aliphatic heterocycles. The number of terminal acetylenes is 1. The summed E-state index contributed by atoms with van der Waals surface area (Å²) in [5.41, 5.74) is 0.287. The lowest BCUT2D eigenvalue weighted by atomic mass is 10.1. The fourth-order valence-corrected chi connectivity index (χ4v) is 1.68. The number of rotatable bonds is 4. The molecule has 1 aromatic carbocycles. The molecule has 0 unspecified atom stereocenters. The van der Waals surface area contributed by atoms with Gasteiger partial charge in [-0.15, -0.1) is 12.3 Å². The maximum absolute atomic E-state index is 11.5. The molecule has 0 aliphatic carbocycles. The minimum absolute atomic E-state index is 0.0356. The molecule has 0 fully saturated rings. The lowest BCUT2D eigenvalue weighted by Gasteiger charge is -2.09. The average molecular weight is 296 g/mol. The van der Waals surface area contributed by atoms with Gasteiger partial charge in [0.25, 0.3) is 0 Å². The van der Waals surface area contributed by atoms with E-state index < -0.39 is 5.97 Å². The molecule has 1 rings (SSSR count). The van der Waals surface area contributed by atoms with Crippen LogP contribution in [0.4, 0.5) is 5.69 Å². The molecule has 17 heavy (non-hydrogen) atoms. The van der Waals surface area contributed by atoms with Crippen LogP contribution in [0.1, 0.15) is 23.2 Å². The number of nitrogens with one attached hydrogen (secondary N) is 1. The van der Waals surface area contributed by atoms with Crippen molar-refractivity contribution in [1.29, 1.82) is 0 Å². The van der Waals surface area contributed by atoms with Gasteiger partial charge in [-0.2, -0.15) is 0 Å². The lowest BCUT2D eigenvalue weighted by molar-refractivity contribution is -0.116. The predicted molar refractivity (Wildman–Crippen MR) is 67.8 cm³/mol. The van der Waals surface area contributed by atoms with Gasteiger partial charge in [-0.05, 0) is 28.1 Å². The molecule has 0 aromatic heterocycles. The summed E-state index contributed by atoms with van der Waals surface area (Å²) in [6.45, 7) is 0. The summed E-state index contributed by atoms with van der Waals surface area (Å²) < 4.78 is 0.520. The molecule has 0 bridgehead atoms. The number of hydrogen-bond donors (Lipinski definition) is 2. The van der Waals surface area contributed by atoms with Crippen LogP contribution in [0.15, 0.2) is 22.7 Å². The molecular formula is C12H10BrNO3. The minimum atomic E-state index is -1.10. The number of carboxylic acids is 1. The molecule has 0 aliphatic rings. The molecule has 4 nitrogen and oxygen atoms in total. The zero-order chi connectivity index (χ0) is 12.8. The van der Waals surface area contributed by atoms with E-state index in [0.717, 1.165) is 0 Å². The fourth-order valence-electron chi connectivity index (χ4n) is 1.22. The van der Waals surface area contributed by atoms with Crippen molar-refractivity contribution in [3.8, 4) is 12.3 Å². The van der Waals surface area contributed by atoms with E-state index in [4.69, 9.17) is 11.5 Å². The van der Waals surface area contributed by atoms with Crippen molar-refractivity contribution < 1.29 is 14.7 Å². The Morgan fingerprint density at radius 2 is 2.18 bits per heavy atom. The first-order valence-electron chi connectivity index (χ1n) is 4.81. The Labute approximate surface area is 107 Å². The first-order chi connectivity index (χ1) is 8.06. The van der Waals surface area contributed by atoms with E-state index in [-0.39, 0.29) is 23.6 Å². The first-order valence-corrected chi connectivity index (χ1v) is 5.60. The van der Waals surface area contributed by atoms with Gasteiger partial charge in [0, 0.05) is 17.3 Å². The summed E-state index contributed by atoms with van der Waals surface area (Å²) in [7, 11) is 0. The van der Waals surface area contributed by atoms with Crippen LogP contribution < -0.4 is 5.32 Å². The summed E-state index contributed by atoms with van der Waals surface area (Å²) in [6, 6.07) is 4.66. The number of hydrogen-bond acceptors (Lipinski definition) is 2. The molecule has 1 aromatic rings. The van der Waals surface area contributed by atoms with Crippen molar-refractivity contribution in [2.75, 3.05) is 5.32 Å². The second-order valence-electron chi connectivity index (χ2n) is 3.22. The summed E-state index contributed by atoms with van der Waals surface area (Å²) >= 11 is 3.19. The quantitative estimate of drug-likeness (QED) is 0.839. The zero-order valence-electron chi connectivity index (χ0n) is 8.87. The maximum atomic E-state index is 11.5. The van der Waals surface area contributed by atoms with E-state index in [1.165, 1.54) is 6.07 Å². The smallest absolute Gasteiger partial charge is 0.337 e. The number of aromatic carboxylic acids is 1. The number of benzene rings is 1. The molecule has 0 saturated heterocycles. The molecule has 88 valence electrons. The zero-order valence-corrected chi connectivity index (χ0v) is 10.5. The average Bonchev–Trinajstić information content (AvgIpc) is 2.28. The van der Waals surface area contributed by atoms with Crippen LogP contribution in [0.3, 0.4) is 0 Å². The van der Waals surface area contributed by atoms with Crippen molar-refractivity contribution in [2.45, 2.75) is 12.8 Å². The molecule has 2 N–H and O–H groups in total. The Kier molecular flexibility index (Phi) is 4.73. The van der Waals surface area contributed by atoms with E-state index >= 15 is 0 Å². The molecule has 0 atom stereocenters. The lowest BCUT2D eigenvalue weighted by Crippen LogP contribution is -2.14. The van der Waals surface area contributed by atoms with Crippen molar-refractivity contribution >= 4 is 33.5 Å². The van der Waals surface area contributed by atoms with E-state index in [1.54, 1.807) is 12.1 Å². The molecule has 1 amide bonds. The molecule has 0 spiro atoms. The highest BCUT2D eigenvalue weighted by atomic mass is 79.9. The first kappa shape index (κ1) is 13.3. The van der Waals surface area contributed by atoms with Crippen LogP contribution in [0, 0.1) is 12.3 Å². The summed E-state index contributed by atoms with van der Waals surface area (Å²) in [5.74, 6) is 0.941. The predicted octanol–water partition coefficient (Wildman–Crippen LogP) is 2.50. The van der Waals surface area contributed by atoms with Gasteiger partial charge in [-0.1, -0.05) is 6.07 Å². The van der Waals surface area contributed by atoms with Crippen LogP contribution in [0.2, 0.25) is 0 Å². The molecular weight excluding hydrogens is 286 g/mol.